The second kappa shape index (κ2) is 6.42. The first-order valence-corrected chi connectivity index (χ1v) is 7.58. The van der Waals surface area contributed by atoms with Crippen LogP contribution < -0.4 is 5.32 Å². The van der Waals surface area contributed by atoms with Crippen LogP contribution in [0.2, 0.25) is 0 Å². The third-order valence-electron chi connectivity index (χ3n) is 3.82. The third-order valence-corrected chi connectivity index (χ3v) is 3.82. The van der Waals surface area contributed by atoms with Crippen LogP contribution in [0.4, 0.5) is 4.79 Å². The fourth-order valence-corrected chi connectivity index (χ4v) is 2.45. The third kappa shape index (κ3) is 5.14. The molecule has 2 atom stereocenters. The van der Waals surface area contributed by atoms with Gasteiger partial charge in [-0.3, -0.25) is 4.90 Å². The Morgan fingerprint density at radius 3 is 2.36 bits per heavy atom. The predicted molar refractivity (Wildman–Crippen MR) is 81.7 cm³/mol. The van der Waals surface area contributed by atoms with Crippen molar-refractivity contribution in [2.24, 2.45) is 0 Å². The Labute approximate surface area is 131 Å². The zero-order valence-corrected chi connectivity index (χ0v) is 14.1. The molecule has 1 fully saturated rings. The molecule has 2 unspecified atom stereocenters. The molecule has 0 aromatic heterocycles. The van der Waals surface area contributed by atoms with Crippen LogP contribution >= 0.6 is 0 Å². The summed E-state index contributed by atoms with van der Waals surface area (Å²) in [7, 11) is 0. The number of carboxylic acids is 1. The summed E-state index contributed by atoms with van der Waals surface area (Å²) in [5, 5.41) is 22.1. The number of nitrogens with one attached hydrogen (secondary N) is 1. The van der Waals surface area contributed by atoms with Crippen LogP contribution in [0.1, 0.15) is 47.5 Å². The Hall–Kier alpha value is -1.34. The van der Waals surface area contributed by atoms with Crippen molar-refractivity contribution in [3.8, 4) is 0 Å². The molecule has 128 valence electrons. The van der Waals surface area contributed by atoms with Crippen LogP contribution in [0.3, 0.4) is 0 Å². The summed E-state index contributed by atoms with van der Waals surface area (Å²) < 4.78 is 5.15. The highest BCUT2D eigenvalue weighted by Gasteiger charge is 2.47. The molecule has 22 heavy (non-hydrogen) atoms. The molecule has 1 aliphatic heterocycles. The number of β-amino-alcohol motifs (C(OH)–C–C–N with tert-alkyl or cyclic N) is 1. The highest BCUT2D eigenvalue weighted by molar-refractivity contribution is 5.85. The standard InChI is InChI=1S/C15H28N2O5/c1-6-14(5,21)9-17-8-7-15(10-17,11(18)19)16-12(20)22-13(2,3)4/h21H,6-10H2,1-5H3,(H,16,20)(H,18,19). The number of carboxylic acid groups (broad SMARTS) is 1. The first kappa shape index (κ1) is 18.7. The highest BCUT2D eigenvalue weighted by atomic mass is 16.6. The molecule has 3 N–H and O–H groups in total. The molecule has 1 amide bonds. The van der Waals surface area contributed by atoms with Gasteiger partial charge in [-0.2, -0.15) is 0 Å². The lowest BCUT2D eigenvalue weighted by atomic mass is 9.99. The number of aliphatic hydroxyl groups is 1. The van der Waals surface area contributed by atoms with Crippen molar-refractivity contribution in [3.63, 3.8) is 0 Å². The van der Waals surface area contributed by atoms with E-state index in [1.165, 1.54) is 0 Å². The number of carbonyl (C=O) groups is 2. The van der Waals surface area contributed by atoms with Crippen LogP contribution in [-0.4, -0.2) is 63.6 Å². The zero-order valence-electron chi connectivity index (χ0n) is 14.1. The summed E-state index contributed by atoms with van der Waals surface area (Å²) in [4.78, 5) is 25.4. The number of ether oxygens (including phenoxy) is 1. The van der Waals surface area contributed by atoms with E-state index in [1.807, 2.05) is 11.8 Å². The summed E-state index contributed by atoms with van der Waals surface area (Å²) in [5.41, 5.74) is -2.93. The summed E-state index contributed by atoms with van der Waals surface area (Å²) in [5.74, 6) is -1.09. The minimum absolute atomic E-state index is 0.151. The second-order valence-corrected chi connectivity index (χ2v) is 7.33. The lowest BCUT2D eigenvalue weighted by Crippen LogP contribution is -2.57. The van der Waals surface area contributed by atoms with Gasteiger partial charge in [0.1, 0.15) is 5.60 Å². The van der Waals surface area contributed by atoms with E-state index in [2.05, 4.69) is 5.32 Å². The molecular weight excluding hydrogens is 288 g/mol. The van der Waals surface area contributed by atoms with Crippen molar-refractivity contribution in [3.05, 3.63) is 0 Å². The van der Waals surface area contributed by atoms with E-state index in [9.17, 15) is 19.8 Å². The van der Waals surface area contributed by atoms with E-state index in [1.54, 1.807) is 27.7 Å². The van der Waals surface area contributed by atoms with E-state index >= 15 is 0 Å². The maximum absolute atomic E-state index is 11.9. The highest BCUT2D eigenvalue weighted by Crippen LogP contribution is 2.25. The second-order valence-electron chi connectivity index (χ2n) is 7.33. The van der Waals surface area contributed by atoms with Crippen LogP contribution in [0.5, 0.6) is 0 Å². The van der Waals surface area contributed by atoms with Crippen molar-refractivity contribution < 1.29 is 24.5 Å². The van der Waals surface area contributed by atoms with Gasteiger partial charge in [0.05, 0.1) is 5.60 Å². The van der Waals surface area contributed by atoms with E-state index in [-0.39, 0.29) is 13.0 Å². The molecule has 7 nitrogen and oxygen atoms in total. The van der Waals surface area contributed by atoms with Crippen LogP contribution in [0.25, 0.3) is 0 Å². The lowest BCUT2D eigenvalue weighted by molar-refractivity contribution is -0.144. The molecule has 0 saturated carbocycles. The number of alkyl carbamates (subject to hydrolysis) is 1. The van der Waals surface area contributed by atoms with Crippen LogP contribution in [-0.2, 0) is 9.53 Å². The number of hydrogen-bond donors (Lipinski definition) is 3. The number of hydrogen-bond acceptors (Lipinski definition) is 5. The largest absolute Gasteiger partial charge is 0.479 e. The van der Waals surface area contributed by atoms with Crippen molar-refractivity contribution in [2.45, 2.75) is 64.2 Å². The molecule has 0 aromatic carbocycles. The molecule has 0 aliphatic carbocycles. The van der Waals surface area contributed by atoms with Gasteiger partial charge in [-0.05, 0) is 40.5 Å². The molecule has 1 rings (SSSR count). The molecule has 1 saturated heterocycles. The average Bonchev–Trinajstić information content (AvgIpc) is 2.70. The van der Waals surface area contributed by atoms with Crippen molar-refractivity contribution in [1.29, 1.82) is 0 Å². The number of likely N-dealkylation sites (tertiary alicyclic amines) is 1. The Bertz CT molecular complexity index is 430. The van der Waals surface area contributed by atoms with Gasteiger partial charge in [0.25, 0.3) is 0 Å². The lowest BCUT2D eigenvalue weighted by Gasteiger charge is -2.30. The molecular formula is C15H28N2O5. The Morgan fingerprint density at radius 2 is 1.91 bits per heavy atom. The maximum atomic E-state index is 11.9. The minimum Gasteiger partial charge on any atom is -0.479 e. The van der Waals surface area contributed by atoms with Crippen LogP contribution in [0.15, 0.2) is 0 Å². The fourth-order valence-electron chi connectivity index (χ4n) is 2.45. The van der Waals surface area contributed by atoms with Crippen LogP contribution in [0, 0.1) is 0 Å². The molecule has 1 heterocycles. The topological polar surface area (TPSA) is 99.1 Å². The summed E-state index contributed by atoms with van der Waals surface area (Å²) >= 11 is 0. The van der Waals surface area contributed by atoms with Gasteiger partial charge >= 0.3 is 12.1 Å². The predicted octanol–water partition coefficient (Wildman–Crippen LogP) is 1.20. The quantitative estimate of drug-likeness (QED) is 0.705. The first-order chi connectivity index (χ1) is 9.89. The zero-order chi connectivity index (χ0) is 17.2. The van der Waals surface area contributed by atoms with Gasteiger partial charge in [0.2, 0.25) is 0 Å². The minimum atomic E-state index is -1.37. The molecule has 0 radical (unpaired) electrons. The SMILES string of the molecule is CCC(C)(O)CN1CCC(NC(=O)OC(C)(C)C)(C(=O)O)C1. The molecule has 0 aromatic rings. The molecule has 0 spiro atoms. The van der Waals surface area contributed by atoms with E-state index in [4.69, 9.17) is 4.74 Å². The summed E-state index contributed by atoms with van der Waals surface area (Å²) in [6.07, 6.45) is 0.115. The van der Waals surface area contributed by atoms with Crippen molar-refractivity contribution in [2.75, 3.05) is 19.6 Å². The summed E-state index contributed by atoms with van der Waals surface area (Å²) in [6.45, 7) is 9.78. The van der Waals surface area contributed by atoms with Gasteiger partial charge in [-0.1, -0.05) is 6.92 Å². The number of amides is 1. The summed E-state index contributed by atoms with van der Waals surface area (Å²) in [6, 6.07) is 0. The molecule has 1 aliphatic rings. The number of aliphatic carboxylic acids is 1. The Morgan fingerprint density at radius 1 is 1.32 bits per heavy atom. The number of rotatable bonds is 5. The molecule has 7 heteroatoms. The van der Waals surface area contributed by atoms with Gasteiger partial charge in [0.15, 0.2) is 5.54 Å². The van der Waals surface area contributed by atoms with E-state index in [0.29, 0.717) is 19.5 Å². The maximum Gasteiger partial charge on any atom is 0.408 e. The normalized spacial score (nSPS) is 25.5. The van der Waals surface area contributed by atoms with E-state index in [0.717, 1.165) is 0 Å². The van der Waals surface area contributed by atoms with E-state index < -0.39 is 28.8 Å². The fraction of sp³-hybridized carbons (Fsp3) is 0.867. The van der Waals surface area contributed by atoms with Crippen molar-refractivity contribution >= 4 is 12.1 Å². The number of carbonyl (C=O) groups excluding carboxylic acids is 1. The van der Waals surface area contributed by atoms with Gasteiger partial charge in [-0.15, -0.1) is 0 Å². The smallest absolute Gasteiger partial charge is 0.408 e. The van der Waals surface area contributed by atoms with Crippen molar-refractivity contribution in [1.82, 2.24) is 10.2 Å². The first-order valence-electron chi connectivity index (χ1n) is 7.58. The average molecular weight is 316 g/mol. The molecule has 0 bridgehead atoms. The van der Waals surface area contributed by atoms with Gasteiger partial charge in [-0.25, -0.2) is 9.59 Å². The Balaban J connectivity index is 2.75. The van der Waals surface area contributed by atoms with Gasteiger partial charge < -0.3 is 20.3 Å². The monoisotopic (exact) mass is 316 g/mol. The number of nitrogens with zero attached hydrogens (tertiary/aromatic N) is 1. The van der Waals surface area contributed by atoms with Gasteiger partial charge in [0, 0.05) is 19.6 Å². The Kier molecular flexibility index (Phi) is 5.46.